The van der Waals surface area contributed by atoms with E-state index in [1.54, 1.807) is 6.92 Å². The van der Waals surface area contributed by atoms with Gasteiger partial charge in [-0.15, -0.1) is 0 Å². The zero-order valence-corrected chi connectivity index (χ0v) is 12.0. The summed E-state index contributed by atoms with van der Waals surface area (Å²) in [5, 5.41) is 2.41. The second-order valence-electron chi connectivity index (χ2n) is 3.50. The van der Waals surface area contributed by atoms with Crippen LogP contribution in [0.25, 0.3) is 0 Å². The number of rotatable bonds is 4. The minimum atomic E-state index is -0.903. The summed E-state index contributed by atoms with van der Waals surface area (Å²) >= 11 is 11.5. The standard InChI is InChI=1S/C12H11Cl2NO5/c1-2-19-12(18)15-10(16)6-20-11(17)7-3-8(13)5-9(14)4-7/h3-5H,2,6H2,1H3,(H,15,16,18). The Labute approximate surface area is 124 Å². The second kappa shape index (κ2) is 7.72. The molecular formula is C12H11Cl2NO5. The third-order valence-electron chi connectivity index (χ3n) is 1.95. The lowest BCUT2D eigenvalue weighted by Gasteiger charge is -2.06. The van der Waals surface area contributed by atoms with Crippen molar-refractivity contribution in [3.8, 4) is 0 Å². The molecule has 1 aromatic rings. The van der Waals surface area contributed by atoms with Gasteiger partial charge in [0.2, 0.25) is 0 Å². The van der Waals surface area contributed by atoms with E-state index >= 15 is 0 Å². The zero-order chi connectivity index (χ0) is 15.1. The van der Waals surface area contributed by atoms with Crippen molar-refractivity contribution in [1.82, 2.24) is 5.32 Å². The average Bonchev–Trinajstić information content (AvgIpc) is 2.35. The highest BCUT2D eigenvalue weighted by molar-refractivity contribution is 6.35. The van der Waals surface area contributed by atoms with Crippen LogP contribution < -0.4 is 5.32 Å². The fourth-order valence-electron chi connectivity index (χ4n) is 1.20. The van der Waals surface area contributed by atoms with E-state index < -0.39 is 24.6 Å². The normalized spacial score (nSPS) is 9.75. The van der Waals surface area contributed by atoms with Gasteiger partial charge in [-0.25, -0.2) is 9.59 Å². The number of amides is 2. The predicted molar refractivity (Wildman–Crippen MR) is 71.9 cm³/mol. The molecule has 1 aromatic carbocycles. The van der Waals surface area contributed by atoms with Crippen LogP contribution >= 0.6 is 23.2 Å². The Kier molecular flexibility index (Phi) is 6.27. The van der Waals surface area contributed by atoms with Crippen LogP contribution in [0, 0.1) is 0 Å². The third kappa shape index (κ3) is 5.46. The summed E-state index contributed by atoms with van der Waals surface area (Å²) in [6, 6.07) is 4.14. The number of alkyl carbamates (subject to hydrolysis) is 1. The number of carbonyl (C=O) groups is 3. The Balaban J connectivity index is 2.50. The Hall–Kier alpha value is -1.79. The number of nitrogens with one attached hydrogen (secondary N) is 1. The van der Waals surface area contributed by atoms with E-state index in [4.69, 9.17) is 27.9 Å². The molecule has 0 bridgehead atoms. The summed E-state index contributed by atoms with van der Waals surface area (Å²) < 4.78 is 9.19. The molecular weight excluding hydrogens is 309 g/mol. The first-order chi connectivity index (χ1) is 9.42. The Morgan fingerprint density at radius 3 is 2.25 bits per heavy atom. The van der Waals surface area contributed by atoms with Gasteiger partial charge in [0.25, 0.3) is 5.91 Å². The van der Waals surface area contributed by atoms with Gasteiger partial charge in [-0.1, -0.05) is 23.2 Å². The van der Waals surface area contributed by atoms with Gasteiger partial charge in [0.15, 0.2) is 6.61 Å². The summed E-state index contributed by atoms with van der Waals surface area (Å²) in [5.74, 6) is -1.58. The molecule has 0 fully saturated rings. The topological polar surface area (TPSA) is 81.7 Å². The molecule has 0 aliphatic heterocycles. The maximum atomic E-state index is 11.6. The van der Waals surface area contributed by atoms with Crippen LogP contribution in [0.15, 0.2) is 18.2 Å². The minimum absolute atomic E-state index is 0.103. The number of carbonyl (C=O) groups excluding carboxylic acids is 3. The van der Waals surface area contributed by atoms with Gasteiger partial charge in [0.05, 0.1) is 12.2 Å². The summed E-state index contributed by atoms with van der Waals surface area (Å²) in [6.45, 7) is 1.09. The summed E-state index contributed by atoms with van der Waals surface area (Å²) in [7, 11) is 0. The minimum Gasteiger partial charge on any atom is -0.452 e. The smallest absolute Gasteiger partial charge is 0.413 e. The van der Waals surface area contributed by atoms with Crippen LogP contribution in [0.2, 0.25) is 10.0 Å². The molecule has 8 heteroatoms. The average molecular weight is 320 g/mol. The van der Waals surface area contributed by atoms with E-state index in [9.17, 15) is 14.4 Å². The Morgan fingerprint density at radius 1 is 1.10 bits per heavy atom. The van der Waals surface area contributed by atoms with Crippen molar-refractivity contribution in [2.75, 3.05) is 13.2 Å². The number of ether oxygens (including phenoxy) is 2. The highest BCUT2D eigenvalue weighted by Gasteiger charge is 2.13. The lowest BCUT2D eigenvalue weighted by atomic mass is 10.2. The number of imide groups is 1. The molecule has 0 saturated carbocycles. The van der Waals surface area contributed by atoms with E-state index in [-0.39, 0.29) is 22.2 Å². The summed E-state index contributed by atoms with van der Waals surface area (Å²) in [5.41, 5.74) is 0.103. The number of hydrogen-bond donors (Lipinski definition) is 1. The number of hydrogen-bond acceptors (Lipinski definition) is 5. The lowest BCUT2D eigenvalue weighted by Crippen LogP contribution is -2.34. The quantitative estimate of drug-likeness (QED) is 0.862. The number of benzene rings is 1. The monoisotopic (exact) mass is 319 g/mol. The van der Waals surface area contributed by atoms with E-state index in [2.05, 4.69) is 4.74 Å². The molecule has 6 nitrogen and oxygen atoms in total. The first-order valence-corrected chi connectivity index (χ1v) is 6.27. The largest absolute Gasteiger partial charge is 0.452 e. The fraction of sp³-hybridized carbons (Fsp3) is 0.250. The molecule has 20 heavy (non-hydrogen) atoms. The van der Waals surface area contributed by atoms with Crippen LogP contribution in [0.5, 0.6) is 0 Å². The van der Waals surface area contributed by atoms with Crippen molar-refractivity contribution in [1.29, 1.82) is 0 Å². The molecule has 0 radical (unpaired) electrons. The molecule has 0 aliphatic carbocycles. The molecule has 2 amide bonds. The first kappa shape index (κ1) is 16.3. The molecule has 0 atom stereocenters. The molecule has 0 aliphatic rings. The van der Waals surface area contributed by atoms with Gasteiger partial charge in [-0.3, -0.25) is 10.1 Å². The van der Waals surface area contributed by atoms with Gasteiger partial charge < -0.3 is 9.47 Å². The molecule has 1 N–H and O–H groups in total. The molecule has 108 valence electrons. The molecule has 0 unspecified atom stereocenters. The van der Waals surface area contributed by atoms with Crippen LogP contribution in [0.4, 0.5) is 4.79 Å². The van der Waals surface area contributed by atoms with Gasteiger partial charge in [-0.2, -0.15) is 0 Å². The highest BCUT2D eigenvalue weighted by Crippen LogP contribution is 2.19. The van der Waals surface area contributed by atoms with Crippen LogP contribution in [0.1, 0.15) is 17.3 Å². The van der Waals surface area contributed by atoms with Gasteiger partial charge in [-0.05, 0) is 25.1 Å². The van der Waals surface area contributed by atoms with Crippen LogP contribution in [0.3, 0.4) is 0 Å². The Morgan fingerprint density at radius 2 is 1.70 bits per heavy atom. The molecule has 1 rings (SSSR count). The van der Waals surface area contributed by atoms with Crippen LogP contribution in [-0.2, 0) is 14.3 Å². The fourth-order valence-corrected chi connectivity index (χ4v) is 1.73. The highest BCUT2D eigenvalue weighted by atomic mass is 35.5. The first-order valence-electron chi connectivity index (χ1n) is 5.52. The van der Waals surface area contributed by atoms with E-state index in [0.29, 0.717) is 0 Å². The van der Waals surface area contributed by atoms with E-state index in [1.165, 1.54) is 18.2 Å². The third-order valence-corrected chi connectivity index (χ3v) is 2.39. The maximum Gasteiger partial charge on any atom is 0.413 e. The van der Waals surface area contributed by atoms with Gasteiger partial charge >= 0.3 is 12.1 Å². The van der Waals surface area contributed by atoms with Crippen LogP contribution in [-0.4, -0.2) is 31.2 Å². The van der Waals surface area contributed by atoms with Gasteiger partial charge in [0.1, 0.15) is 0 Å². The molecule has 0 spiro atoms. The van der Waals surface area contributed by atoms with Crippen molar-refractivity contribution >= 4 is 41.2 Å². The van der Waals surface area contributed by atoms with Crippen molar-refractivity contribution < 1.29 is 23.9 Å². The zero-order valence-electron chi connectivity index (χ0n) is 10.4. The summed E-state index contributed by atoms with van der Waals surface area (Å²) in [6.07, 6.45) is -0.903. The molecule has 0 aromatic heterocycles. The van der Waals surface area contributed by atoms with Crippen molar-refractivity contribution in [2.24, 2.45) is 0 Å². The number of esters is 1. The van der Waals surface area contributed by atoms with Crippen molar-refractivity contribution in [3.63, 3.8) is 0 Å². The molecule has 0 heterocycles. The summed E-state index contributed by atoms with van der Waals surface area (Å²) in [4.78, 5) is 33.8. The van der Waals surface area contributed by atoms with Crippen molar-refractivity contribution in [3.05, 3.63) is 33.8 Å². The Bertz CT molecular complexity index is 512. The van der Waals surface area contributed by atoms with E-state index in [0.717, 1.165) is 0 Å². The SMILES string of the molecule is CCOC(=O)NC(=O)COC(=O)c1cc(Cl)cc(Cl)c1. The lowest BCUT2D eigenvalue weighted by molar-refractivity contribution is -0.123. The predicted octanol–water partition coefficient (Wildman–Crippen LogP) is 2.42. The second-order valence-corrected chi connectivity index (χ2v) is 4.38. The molecule has 0 saturated heterocycles. The van der Waals surface area contributed by atoms with Crippen molar-refractivity contribution in [2.45, 2.75) is 6.92 Å². The number of halogens is 2. The van der Waals surface area contributed by atoms with Gasteiger partial charge in [0, 0.05) is 10.0 Å². The maximum absolute atomic E-state index is 11.6. The van der Waals surface area contributed by atoms with E-state index in [1.807, 2.05) is 5.32 Å².